The Morgan fingerprint density at radius 1 is 1.21 bits per heavy atom. The summed E-state index contributed by atoms with van der Waals surface area (Å²) in [6.45, 7) is -0.0480. The lowest BCUT2D eigenvalue weighted by atomic mass is 9.78. The molecule has 1 aromatic carbocycles. The van der Waals surface area contributed by atoms with Gasteiger partial charge in [0.15, 0.2) is 0 Å². The van der Waals surface area contributed by atoms with Gasteiger partial charge < -0.3 is 4.90 Å². The number of rotatable bonds is 3. The molecule has 0 radical (unpaired) electrons. The average molecular weight is 367 g/mol. The molecule has 3 rings (SSSR count). The maximum absolute atomic E-state index is 12.8. The molecule has 1 spiro atoms. The van der Waals surface area contributed by atoms with Gasteiger partial charge in [0.1, 0.15) is 12.1 Å². The van der Waals surface area contributed by atoms with Gasteiger partial charge in [-0.3, -0.25) is 19.7 Å². The van der Waals surface area contributed by atoms with E-state index in [1.54, 1.807) is 6.07 Å². The Morgan fingerprint density at radius 2 is 1.92 bits per heavy atom. The number of nitrogens with zero attached hydrogens (tertiary/aromatic N) is 1. The van der Waals surface area contributed by atoms with Crippen molar-refractivity contribution in [2.75, 3.05) is 12.3 Å². The van der Waals surface area contributed by atoms with Crippen LogP contribution in [0.1, 0.15) is 32.1 Å². The normalized spacial score (nSPS) is 20.1. The maximum atomic E-state index is 12.8. The van der Waals surface area contributed by atoms with Gasteiger partial charge in [-0.05, 0) is 25.0 Å². The zero-order valence-electron chi connectivity index (χ0n) is 13.2. The second-order valence-electron chi connectivity index (χ2n) is 6.17. The first kappa shape index (κ1) is 17.3. The molecule has 1 aliphatic carbocycles. The van der Waals surface area contributed by atoms with Crippen molar-refractivity contribution in [3.63, 3.8) is 0 Å². The Hall–Kier alpha value is -1.53. The minimum absolute atomic E-state index is 0.0480. The van der Waals surface area contributed by atoms with Crippen molar-refractivity contribution < 1.29 is 14.4 Å². The topological polar surface area (TPSA) is 66.5 Å². The van der Waals surface area contributed by atoms with Crippen LogP contribution in [0.25, 0.3) is 0 Å². The van der Waals surface area contributed by atoms with E-state index in [4.69, 9.17) is 11.6 Å². The van der Waals surface area contributed by atoms with Crippen molar-refractivity contribution in [1.29, 1.82) is 0 Å². The number of imide groups is 1. The molecule has 1 aliphatic heterocycles. The van der Waals surface area contributed by atoms with Gasteiger partial charge in [-0.1, -0.05) is 43.0 Å². The van der Waals surface area contributed by atoms with Crippen molar-refractivity contribution >= 4 is 41.1 Å². The molecule has 3 amide bonds. The number of amides is 3. The minimum atomic E-state index is -0.857. The lowest BCUT2D eigenvalue weighted by Gasteiger charge is -2.47. The summed E-state index contributed by atoms with van der Waals surface area (Å²) in [6.07, 6.45) is 4.08. The summed E-state index contributed by atoms with van der Waals surface area (Å²) in [6, 6.07) is 7.32. The van der Waals surface area contributed by atoms with E-state index in [0.717, 1.165) is 24.2 Å². The zero-order valence-corrected chi connectivity index (χ0v) is 14.8. The highest BCUT2D eigenvalue weighted by Crippen LogP contribution is 2.36. The number of benzene rings is 1. The first-order valence-corrected chi connectivity index (χ1v) is 9.41. The predicted octanol–water partition coefficient (Wildman–Crippen LogP) is 2.62. The molecule has 7 heteroatoms. The van der Waals surface area contributed by atoms with E-state index >= 15 is 0 Å². The van der Waals surface area contributed by atoms with Gasteiger partial charge in [0.05, 0.1) is 10.8 Å². The molecule has 0 unspecified atom stereocenters. The summed E-state index contributed by atoms with van der Waals surface area (Å²) in [5.74, 6) is -0.765. The largest absolute Gasteiger partial charge is 0.318 e. The summed E-state index contributed by atoms with van der Waals surface area (Å²) >= 11 is 7.45. The standard InChI is InChI=1S/C17H19ClN2O3S/c18-12-6-2-3-7-13(12)24-11-15(22)20-10-14(21)19-16(23)17(20)8-4-1-5-9-17/h2-3,6-7H,1,4-5,8-11H2,(H,19,21,23). The summed E-state index contributed by atoms with van der Waals surface area (Å²) in [7, 11) is 0. The third kappa shape index (κ3) is 3.30. The quantitative estimate of drug-likeness (QED) is 0.659. The van der Waals surface area contributed by atoms with Crippen LogP contribution in [-0.2, 0) is 14.4 Å². The molecule has 0 bridgehead atoms. The lowest BCUT2D eigenvalue weighted by Crippen LogP contribution is -2.69. The lowest BCUT2D eigenvalue weighted by molar-refractivity contribution is -0.158. The van der Waals surface area contributed by atoms with Crippen molar-refractivity contribution in [3.8, 4) is 0 Å². The second-order valence-corrected chi connectivity index (χ2v) is 7.59. The number of halogens is 1. The number of carbonyl (C=O) groups is 3. The smallest absolute Gasteiger partial charge is 0.252 e. The van der Waals surface area contributed by atoms with Crippen LogP contribution in [0.5, 0.6) is 0 Å². The molecule has 1 saturated carbocycles. The first-order chi connectivity index (χ1) is 11.5. The molecule has 0 atom stereocenters. The van der Waals surface area contributed by atoms with Crippen molar-refractivity contribution in [1.82, 2.24) is 10.2 Å². The van der Waals surface area contributed by atoms with Crippen molar-refractivity contribution in [2.24, 2.45) is 0 Å². The van der Waals surface area contributed by atoms with Crippen LogP contribution in [0, 0.1) is 0 Å². The first-order valence-electron chi connectivity index (χ1n) is 8.05. The van der Waals surface area contributed by atoms with Gasteiger partial charge >= 0.3 is 0 Å². The molecular formula is C17H19ClN2O3S. The van der Waals surface area contributed by atoms with E-state index in [1.165, 1.54) is 16.7 Å². The van der Waals surface area contributed by atoms with Crippen LogP contribution in [0.2, 0.25) is 5.02 Å². The second kappa shape index (κ2) is 7.15. The Balaban J connectivity index is 1.76. The molecule has 1 saturated heterocycles. The van der Waals surface area contributed by atoms with Gasteiger partial charge in [0, 0.05) is 4.90 Å². The van der Waals surface area contributed by atoms with Crippen LogP contribution in [0.15, 0.2) is 29.2 Å². The van der Waals surface area contributed by atoms with Crippen LogP contribution in [0.3, 0.4) is 0 Å². The maximum Gasteiger partial charge on any atom is 0.252 e. The number of thioether (sulfide) groups is 1. The van der Waals surface area contributed by atoms with Crippen LogP contribution < -0.4 is 5.32 Å². The fourth-order valence-electron chi connectivity index (χ4n) is 3.44. The van der Waals surface area contributed by atoms with Gasteiger partial charge in [0.2, 0.25) is 11.8 Å². The van der Waals surface area contributed by atoms with Gasteiger partial charge in [-0.2, -0.15) is 0 Å². The highest BCUT2D eigenvalue weighted by atomic mass is 35.5. The Labute approximate surface area is 150 Å². The average Bonchev–Trinajstić information content (AvgIpc) is 2.58. The van der Waals surface area contributed by atoms with E-state index in [2.05, 4.69) is 5.32 Å². The summed E-state index contributed by atoms with van der Waals surface area (Å²) in [5.41, 5.74) is -0.857. The molecule has 2 fully saturated rings. The Morgan fingerprint density at radius 3 is 2.62 bits per heavy atom. The van der Waals surface area contributed by atoms with Crippen LogP contribution in [0.4, 0.5) is 0 Å². The molecule has 2 aliphatic rings. The van der Waals surface area contributed by atoms with E-state index < -0.39 is 11.4 Å². The summed E-state index contributed by atoms with van der Waals surface area (Å²) in [5, 5.41) is 3.00. The van der Waals surface area contributed by atoms with E-state index in [1.807, 2.05) is 18.2 Å². The van der Waals surface area contributed by atoms with Gasteiger partial charge in [0.25, 0.3) is 5.91 Å². The van der Waals surface area contributed by atoms with E-state index in [0.29, 0.717) is 17.9 Å². The number of hydrogen-bond acceptors (Lipinski definition) is 4. The molecule has 24 heavy (non-hydrogen) atoms. The monoisotopic (exact) mass is 366 g/mol. The SMILES string of the molecule is O=C1CN(C(=O)CSc2ccccc2Cl)C2(CCCCC2)C(=O)N1. The predicted molar refractivity (Wildman–Crippen MR) is 92.9 cm³/mol. The zero-order chi connectivity index (χ0) is 17.2. The third-order valence-corrected chi connectivity index (χ3v) is 6.16. The number of nitrogens with one attached hydrogen (secondary N) is 1. The Bertz CT molecular complexity index is 674. The molecule has 1 heterocycles. The minimum Gasteiger partial charge on any atom is -0.318 e. The van der Waals surface area contributed by atoms with Crippen LogP contribution >= 0.6 is 23.4 Å². The summed E-state index contributed by atoms with van der Waals surface area (Å²) in [4.78, 5) is 39.4. The molecule has 128 valence electrons. The van der Waals surface area contributed by atoms with Gasteiger partial charge in [-0.25, -0.2) is 0 Å². The van der Waals surface area contributed by atoms with E-state index in [-0.39, 0.29) is 24.1 Å². The number of hydrogen-bond donors (Lipinski definition) is 1. The fourth-order valence-corrected chi connectivity index (χ4v) is 4.55. The van der Waals surface area contributed by atoms with Gasteiger partial charge in [-0.15, -0.1) is 11.8 Å². The third-order valence-electron chi connectivity index (χ3n) is 4.66. The molecule has 1 N–H and O–H groups in total. The molecule has 0 aromatic heterocycles. The fraction of sp³-hybridized carbons (Fsp3) is 0.471. The van der Waals surface area contributed by atoms with E-state index in [9.17, 15) is 14.4 Å². The number of piperazine rings is 1. The highest BCUT2D eigenvalue weighted by Gasteiger charge is 2.50. The molecular weight excluding hydrogens is 348 g/mol. The molecule has 1 aromatic rings. The summed E-state index contributed by atoms with van der Waals surface area (Å²) < 4.78 is 0. The molecule has 5 nitrogen and oxygen atoms in total. The number of carbonyl (C=O) groups excluding carboxylic acids is 3. The van der Waals surface area contributed by atoms with Crippen molar-refractivity contribution in [2.45, 2.75) is 42.5 Å². The van der Waals surface area contributed by atoms with Crippen molar-refractivity contribution in [3.05, 3.63) is 29.3 Å². The Kier molecular flexibility index (Phi) is 5.15. The highest BCUT2D eigenvalue weighted by molar-refractivity contribution is 8.00. The van der Waals surface area contributed by atoms with Crippen LogP contribution in [-0.4, -0.2) is 40.5 Å².